The van der Waals surface area contributed by atoms with Crippen LogP contribution in [0.4, 0.5) is 4.39 Å². The topological polar surface area (TPSA) is 74.2 Å². The number of aromatic hydroxyl groups is 1. The van der Waals surface area contributed by atoms with E-state index in [1.54, 1.807) is 24.3 Å². The van der Waals surface area contributed by atoms with Gasteiger partial charge in [0.15, 0.2) is 5.58 Å². The first kappa shape index (κ1) is 12.9. The average Bonchev–Trinajstić information content (AvgIpc) is 2.47. The Kier molecular flexibility index (Phi) is 2.92. The SMILES string of the molecule is N#Cc1cc(F)cc2cc(-c3ccccc3O)c(=O)oc12. The highest BCUT2D eigenvalue weighted by atomic mass is 19.1. The Balaban J connectivity index is 2.38. The summed E-state index contributed by atoms with van der Waals surface area (Å²) < 4.78 is 18.6. The zero-order chi connectivity index (χ0) is 15.0. The van der Waals surface area contributed by atoms with Crippen molar-refractivity contribution in [3.63, 3.8) is 0 Å². The van der Waals surface area contributed by atoms with Gasteiger partial charge in [0, 0.05) is 10.9 Å². The molecule has 1 N–H and O–H groups in total. The lowest BCUT2D eigenvalue weighted by Crippen LogP contribution is -2.03. The van der Waals surface area contributed by atoms with Crippen LogP contribution in [0.15, 0.2) is 51.7 Å². The van der Waals surface area contributed by atoms with E-state index in [1.807, 2.05) is 0 Å². The lowest BCUT2D eigenvalue weighted by molar-refractivity contribution is 0.476. The molecule has 0 radical (unpaired) electrons. The molecule has 3 rings (SSSR count). The molecule has 0 amide bonds. The number of fused-ring (bicyclic) bond motifs is 1. The van der Waals surface area contributed by atoms with E-state index < -0.39 is 11.4 Å². The zero-order valence-corrected chi connectivity index (χ0v) is 10.6. The maximum absolute atomic E-state index is 13.5. The van der Waals surface area contributed by atoms with E-state index in [-0.39, 0.29) is 33.4 Å². The minimum absolute atomic E-state index is 0.0306. The fourth-order valence-electron chi connectivity index (χ4n) is 2.17. The molecule has 0 bridgehead atoms. The van der Waals surface area contributed by atoms with Crippen molar-refractivity contribution in [3.8, 4) is 22.9 Å². The smallest absolute Gasteiger partial charge is 0.344 e. The van der Waals surface area contributed by atoms with Gasteiger partial charge in [-0.3, -0.25) is 0 Å². The monoisotopic (exact) mass is 281 g/mol. The van der Waals surface area contributed by atoms with Crippen LogP contribution in [0.1, 0.15) is 5.56 Å². The van der Waals surface area contributed by atoms with Crippen molar-refractivity contribution >= 4 is 11.0 Å². The maximum Gasteiger partial charge on any atom is 0.344 e. The number of nitrogens with zero attached hydrogens (tertiary/aromatic N) is 1. The van der Waals surface area contributed by atoms with E-state index in [2.05, 4.69) is 0 Å². The first-order chi connectivity index (χ1) is 10.1. The fourth-order valence-corrected chi connectivity index (χ4v) is 2.17. The van der Waals surface area contributed by atoms with E-state index in [4.69, 9.17) is 9.68 Å². The number of rotatable bonds is 1. The third-order valence-corrected chi connectivity index (χ3v) is 3.11. The standard InChI is InChI=1S/C16H8FNO3/c17-11-5-9-7-13(12-3-1-2-4-14(12)19)16(20)21-15(9)10(6-11)8-18/h1-7,19H. The lowest BCUT2D eigenvalue weighted by Gasteiger charge is -2.05. The summed E-state index contributed by atoms with van der Waals surface area (Å²) in [4.78, 5) is 12.1. The van der Waals surface area contributed by atoms with Gasteiger partial charge in [0.25, 0.3) is 0 Å². The van der Waals surface area contributed by atoms with Crippen LogP contribution in [0.25, 0.3) is 22.1 Å². The Morgan fingerprint density at radius 3 is 2.62 bits per heavy atom. The molecule has 1 heterocycles. The minimum Gasteiger partial charge on any atom is -0.507 e. The van der Waals surface area contributed by atoms with E-state index in [1.165, 1.54) is 18.2 Å². The van der Waals surface area contributed by atoms with Crippen LogP contribution in [0.2, 0.25) is 0 Å². The summed E-state index contributed by atoms with van der Waals surface area (Å²) in [6, 6.07) is 11.6. The number of phenols is 1. The Morgan fingerprint density at radius 2 is 1.90 bits per heavy atom. The number of benzene rings is 2. The third kappa shape index (κ3) is 2.13. The van der Waals surface area contributed by atoms with Crippen molar-refractivity contribution in [1.29, 1.82) is 5.26 Å². The van der Waals surface area contributed by atoms with Gasteiger partial charge in [-0.1, -0.05) is 18.2 Å². The van der Waals surface area contributed by atoms with Gasteiger partial charge in [-0.15, -0.1) is 0 Å². The second-order valence-corrected chi connectivity index (χ2v) is 4.45. The van der Waals surface area contributed by atoms with Crippen molar-refractivity contribution in [2.75, 3.05) is 0 Å². The Morgan fingerprint density at radius 1 is 1.14 bits per heavy atom. The van der Waals surface area contributed by atoms with Crippen molar-refractivity contribution in [3.05, 3.63) is 64.3 Å². The molecule has 0 aliphatic heterocycles. The van der Waals surface area contributed by atoms with E-state index in [0.717, 1.165) is 6.07 Å². The molecule has 0 atom stereocenters. The van der Waals surface area contributed by atoms with Crippen LogP contribution in [0.3, 0.4) is 0 Å². The molecule has 0 aliphatic carbocycles. The lowest BCUT2D eigenvalue weighted by atomic mass is 10.0. The van der Waals surface area contributed by atoms with Gasteiger partial charge in [0.05, 0.1) is 11.1 Å². The number of hydrogen-bond donors (Lipinski definition) is 1. The molecule has 102 valence electrons. The molecule has 0 aliphatic rings. The molecule has 3 aromatic rings. The van der Waals surface area contributed by atoms with Crippen molar-refractivity contribution in [1.82, 2.24) is 0 Å². The number of para-hydroxylation sites is 1. The molecular weight excluding hydrogens is 273 g/mol. The molecule has 0 unspecified atom stereocenters. The van der Waals surface area contributed by atoms with Crippen LogP contribution >= 0.6 is 0 Å². The van der Waals surface area contributed by atoms with E-state index in [9.17, 15) is 14.3 Å². The molecule has 0 fully saturated rings. The van der Waals surface area contributed by atoms with Crippen LogP contribution < -0.4 is 5.63 Å². The van der Waals surface area contributed by atoms with Crippen LogP contribution in [-0.2, 0) is 0 Å². The Bertz CT molecular complexity index is 954. The second-order valence-electron chi connectivity index (χ2n) is 4.45. The molecular formula is C16H8FNO3. The number of phenolic OH excluding ortho intramolecular Hbond substituents is 1. The third-order valence-electron chi connectivity index (χ3n) is 3.11. The van der Waals surface area contributed by atoms with Crippen LogP contribution in [0.5, 0.6) is 5.75 Å². The van der Waals surface area contributed by atoms with Crippen LogP contribution in [0, 0.1) is 17.1 Å². The van der Waals surface area contributed by atoms with E-state index in [0.29, 0.717) is 0 Å². The summed E-state index contributed by atoms with van der Waals surface area (Å²) in [5.74, 6) is -0.683. The highest BCUT2D eigenvalue weighted by Crippen LogP contribution is 2.29. The van der Waals surface area contributed by atoms with Gasteiger partial charge in [-0.05, 0) is 24.3 Å². The quantitative estimate of drug-likeness (QED) is 0.695. The minimum atomic E-state index is -0.702. The van der Waals surface area contributed by atoms with Crippen molar-refractivity contribution < 1.29 is 13.9 Å². The molecule has 0 saturated heterocycles. The van der Waals surface area contributed by atoms with Gasteiger partial charge in [-0.25, -0.2) is 9.18 Å². The van der Waals surface area contributed by atoms with Crippen molar-refractivity contribution in [2.24, 2.45) is 0 Å². The van der Waals surface area contributed by atoms with Gasteiger partial charge in [0.2, 0.25) is 0 Å². The van der Waals surface area contributed by atoms with Crippen molar-refractivity contribution in [2.45, 2.75) is 0 Å². The van der Waals surface area contributed by atoms with Gasteiger partial charge >= 0.3 is 5.63 Å². The molecule has 5 heteroatoms. The summed E-state index contributed by atoms with van der Waals surface area (Å²) >= 11 is 0. The number of hydrogen-bond acceptors (Lipinski definition) is 4. The first-order valence-electron chi connectivity index (χ1n) is 6.06. The zero-order valence-electron chi connectivity index (χ0n) is 10.6. The second kappa shape index (κ2) is 4.76. The first-order valence-corrected chi connectivity index (χ1v) is 6.06. The molecule has 0 saturated carbocycles. The van der Waals surface area contributed by atoms with Crippen LogP contribution in [-0.4, -0.2) is 5.11 Å². The van der Waals surface area contributed by atoms with E-state index >= 15 is 0 Å². The highest BCUT2D eigenvalue weighted by Gasteiger charge is 2.14. The fraction of sp³-hybridized carbons (Fsp3) is 0. The molecule has 4 nitrogen and oxygen atoms in total. The Labute approximate surface area is 118 Å². The Hall–Kier alpha value is -3.13. The average molecular weight is 281 g/mol. The molecule has 1 aromatic heterocycles. The number of nitriles is 1. The van der Waals surface area contributed by atoms with Gasteiger partial charge < -0.3 is 9.52 Å². The molecule has 21 heavy (non-hydrogen) atoms. The normalized spacial score (nSPS) is 10.5. The summed E-state index contributed by atoms with van der Waals surface area (Å²) in [5, 5.41) is 19.1. The predicted molar refractivity (Wildman–Crippen MR) is 74.3 cm³/mol. The summed E-state index contributed by atoms with van der Waals surface area (Å²) in [6.45, 7) is 0. The summed E-state index contributed by atoms with van der Waals surface area (Å²) in [7, 11) is 0. The molecule has 0 spiro atoms. The largest absolute Gasteiger partial charge is 0.507 e. The number of halogens is 1. The maximum atomic E-state index is 13.5. The van der Waals surface area contributed by atoms with Gasteiger partial charge in [-0.2, -0.15) is 5.26 Å². The predicted octanol–water partition coefficient (Wildman–Crippen LogP) is 3.18. The van der Waals surface area contributed by atoms with Gasteiger partial charge in [0.1, 0.15) is 17.6 Å². The molecule has 2 aromatic carbocycles. The summed E-state index contributed by atoms with van der Waals surface area (Å²) in [5.41, 5.74) is -0.327. The highest BCUT2D eigenvalue weighted by molar-refractivity contribution is 5.86. The summed E-state index contributed by atoms with van der Waals surface area (Å²) in [6.07, 6.45) is 0.